The number of furan rings is 1. The van der Waals surface area contributed by atoms with Gasteiger partial charge in [-0.2, -0.15) is 5.11 Å². The van der Waals surface area contributed by atoms with Crippen LogP contribution in [-0.4, -0.2) is 10.9 Å². The Bertz CT molecular complexity index is 1580. The molecular weight excluding hydrogens is 424 g/mol. The van der Waals surface area contributed by atoms with Crippen molar-refractivity contribution in [3.05, 3.63) is 102 Å². The topological polar surface area (TPSA) is 82.5 Å². The molecule has 6 heteroatoms. The van der Waals surface area contributed by atoms with Crippen molar-refractivity contribution in [2.75, 3.05) is 5.32 Å². The summed E-state index contributed by atoms with van der Waals surface area (Å²) in [7, 11) is 0. The average Bonchev–Trinajstić information content (AvgIpc) is 3.20. The highest BCUT2D eigenvalue weighted by Crippen LogP contribution is 2.45. The second-order valence-electron chi connectivity index (χ2n) is 8.13. The van der Waals surface area contributed by atoms with Crippen molar-refractivity contribution in [2.24, 2.45) is 15.2 Å². The third-order valence-corrected chi connectivity index (χ3v) is 5.81. The molecule has 0 radical (unpaired) electrons. The molecule has 0 atom stereocenters. The maximum atomic E-state index is 10.8. The molecule has 6 nitrogen and oxygen atoms in total. The molecule has 0 aliphatic carbocycles. The number of aromatic hydroxyl groups is 1. The van der Waals surface area contributed by atoms with Crippen LogP contribution in [0.1, 0.15) is 11.1 Å². The van der Waals surface area contributed by atoms with Crippen LogP contribution in [0.15, 0.2) is 111 Å². The normalized spacial score (nSPS) is 12.7. The molecule has 0 saturated carbocycles. The molecule has 0 bridgehead atoms. The summed E-state index contributed by atoms with van der Waals surface area (Å²) in [5.74, 6) is 0.687. The molecule has 0 spiro atoms. The quantitative estimate of drug-likeness (QED) is 0.275. The van der Waals surface area contributed by atoms with E-state index in [-0.39, 0.29) is 11.6 Å². The zero-order chi connectivity index (χ0) is 23.1. The maximum Gasteiger partial charge on any atom is 0.312 e. The summed E-state index contributed by atoms with van der Waals surface area (Å²) < 4.78 is 5.83. The van der Waals surface area contributed by atoms with E-state index in [0.717, 1.165) is 33.3 Å². The first-order chi connectivity index (χ1) is 16.7. The lowest BCUT2D eigenvalue weighted by Crippen LogP contribution is -2.16. The van der Waals surface area contributed by atoms with Crippen molar-refractivity contribution in [3.63, 3.8) is 0 Å². The molecule has 0 saturated heterocycles. The fraction of sp³-hybridized carbons (Fsp3) is 0.0357. The summed E-state index contributed by atoms with van der Waals surface area (Å²) in [4.78, 5) is 4.89. The molecule has 6 rings (SSSR count). The Morgan fingerprint density at radius 1 is 0.824 bits per heavy atom. The SMILES string of the molecule is Cc1ccc(N=Nc2c(O)oc(-c3ccccc3)c2C2=Nc3cccc4cccc(c34)N2)cc1. The molecule has 0 unspecified atom stereocenters. The smallest absolute Gasteiger partial charge is 0.312 e. The van der Waals surface area contributed by atoms with E-state index in [1.54, 1.807) is 0 Å². The van der Waals surface area contributed by atoms with Crippen LogP contribution in [0.25, 0.3) is 22.1 Å². The van der Waals surface area contributed by atoms with E-state index in [9.17, 15) is 5.11 Å². The summed E-state index contributed by atoms with van der Waals surface area (Å²) in [6, 6.07) is 29.4. The third-order valence-electron chi connectivity index (χ3n) is 5.81. The van der Waals surface area contributed by atoms with Gasteiger partial charge >= 0.3 is 5.95 Å². The van der Waals surface area contributed by atoms with Gasteiger partial charge in [0.15, 0.2) is 11.4 Å². The van der Waals surface area contributed by atoms with Crippen molar-refractivity contribution in [1.82, 2.24) is 0 Å². The zero-order valence-corrected chi connectivity index (χ0v) is 18.4. The molecule has 1 aromatic heterocycles. The number of anilines is 1. The van der Waals surface area contributed by atoms with Crippen LogP contribution in [-0.2, 0) is 0 Å². The molecule has 34 heavy (non-hydrogen) atoms. The zero-order valence-electron chi connectivity index (χ0n) is 18.4. The van der Waals surface area contributed by atoms with Gasteiger partial charge in [0.2, 0.25) is 0 Å². The van der Waals surface area contributed by atoms with E-state index >= 15 is 0 Å². The van der Waals surface area contributed by atoms with E-state index in [1.165, 1.54) is 0 Å². The van der Waals surface area contributed by atoms with Gasteiger partial charge in [0.1, 0.15) is 5.84 Å². The summed E-state index contributed by atoms with van der Waals surface area (Å²) in [6.45, 7) is 2.01. The number of rotatable bonds is 4. The predicted molar refractivity (Wildman–Crippen MR) is 135 cm³/mol. The number of nitrogens with one attached hydrogen (secondary N) is 1. The molecule has 4 aromatic carbocycles. The molecule has 5 aromatic rings. The summed E-state index contributed by atoms with van der Waals surface area (Å²) in [6.07, 6.45) is 0. The van der Waals surface area contributed by atoms with Crippen LogP contribution in [0.2, 0.25) is 0 Å². The summed E-state index contributed by atoms with van der Waals surface area (Å²) in [5, 5.41) is 25.1. The second kappa shape index (κ2) is 8.01. The highest BCUT2D eigenvalue weighted by Gasteiger charge is 2.28. The van der Waals surface area contributed by atoms with E-state index in [4.69, 9.17) is 9.41 Å². The van der Waals surface area contributed by atoms with E-state index in [1.807, 2.05) is 85.8 Å². The van der Waals surface area contributed by atoms with Crippen LogP contribution < -0.4 is 5.32 Å². The lowest BCUT2D eigenvalue weighted by atomic mass is 10.0. The first-order valence-corrected chi connectivity index (χ1v) is 10.9. The minimum atomic E-state index is -0.314. The first kappa shape index (κ1) is 19.9. The Balaban J connectivity index is 1.55. The van der Waals surface area contributed by atoms with E-state index in [0.29, 0.717) is 22.8 Å². The minimum Gasteiger partial charge on any atom is -0.479 e. The second-order valence-corrected chi connectivity index (χ2v) is 8.13. The van der Waals surface area contributed by atoms with Gasteiger partial charge in [-0.05, 0) is 36.6 Å². The highest BCUT2D eigenvalue weighted by atomic mass is 16.5. The molecule has 0 fully saturated rings. The molecule has 164 valence electrons. The van der Waals surface area contributed by atoms with Crippen LogP contribution in [0.3, 0.4) is 0 Å². The predicted octanol–water partition coefficient (Wildman–Crippen LogP) is 8.03. The molecule has 1 aliphatic rings. The number of hydrogen-bond donors (Lipinski definition) is 2. The number of amidine groups is 1. The summed E-state index contributed by atoms with van der Waals surface area (Å²) in [5.41, 5.74) is 5.13. The monoisotopic (exact) mass is 444 g/mol. The third kappa shape index (κ3) is 3.42. The fourth-order valence-electron chi connectivity index (χ4n) is 4.15. The van der Waals surface area contributed by atoms with Crippen LogP contribution >= 0.6 is 0 Å². The fourth-order valence-corrected chi connectivity index (χ4v) is 4.15. The van der Waals surface area contributed by atoms with Crippen molar-refractivity contribution in [1.29, 1.82) is 0 Å². The van der Waals surface area contributed by atoms with Gasteiger partial charge < -0.3 is 14.8 Å². The molecular formula is C28H20N4O2. The van der Waals surface area contributed by atoms with Crippen molar-refractivity contribution in [2.45, 2.75) is 6.92 Å². The lowest BCUT2D eigenvalue weighted by Gasteiger charge is -2.19. The van der Waals surface area contributed by atoms with Gasteiger partial charge in [0.25, 0.3) is 0 Å². The van der Waals surface area contributed by atoms with Gasteiger partial charge in [-0.25, -0.2) is 4.99 Å². The van der Waals surface area contributed by atoms with Gasteiger partial charge in [0.05, 0.1) is 16.9 Å². The molecule has 1 aliphatic heterocycles. The Labute approximate surface area is 195 Å². The maximum absolute atomic E-state index is 10.8. The van der Waals surface area contributed by atoms with Gasteiger partial charge in [-0.15, -0.1) is 5.11 Å². The number of aryl methyl sites for hydroxylation is 1. The standard InChI is InChI=1S/C28H20N4O2/c1-17-13-15-20(16-14-17)31-32-25-24(26(34-28(25)33)19-7-3-2-4-8-19)27-29-21-11-5-9-18-10-6-12-22(30-27)23(18)21/h2-16,33H,1H3,(H,29,30). The van der Waals surface area contributed by atoms with Crippen molar-refractivity contribution in [3.8, 4) is 17.3 Å². The van der Waals surface area contributed by atoms with E-state index in [2.05, 4.69) is 27.7 Å². The largest absolute Gasteiger partial charge is 0.479 e. The first-order valence-electron chi connectivity index (χ1n) is 10.9. The van der Waals surface area contributed by atoms with Gasteiger partial charge in [0, 0.05) is 16.6 Å². The van der Waals surface area contributed by atoms with Crippen molar-refractivity contribution >= 4 is 39.4 Å². The molecule has 2 heterocycles. The number of hydrogen-bond acceptors (Lipinski definition) is 6. The van der Waals surface area contributed by atoms with Crippen molar-refractivity contribution < 1.29 is 9.52 Å². The Morgan fingerprint density at radius 2 is 1.59 bits per heavy atom. The molecule has 0 amide bonds. The van der Waals surface area contributed by atoms with Crippen LogP contribution in [0, 0.1) is 6.92 Å². The van der Waals surface area contributed by atoms with Crippen LogP contribution in [0.5, 0.6) is 5.95 Å². The number of azo groups is 1. The summed E-state index contributed by atoms with van der Waals surface area (Å²) >= 11 is 0. The van der Waals surface area contributed by atoms with Gasteiger partial charge in [-0.3, -0.25) is 0 Å². The van der Waals surface area contributed by atoms with Gasteiger partial charge in [-0.1, -0.05) is 72.3 Å². The Morgan fingerprint density at radius 3 is 2.38 bits per heavy atom. The average molecular weight is 444 g/mol. The molecule has 2 N–H and O–H groups in total. The van der Waals surface area contributed by atoms with E-state index < -0.39 is 0 Å². The van der Waals surface area contributed by atoms with Crippen LogP contribution in [0.4, 0.5) is 22.7 Å². The number of aliphatic imine (C=N–C) groups is 1. The minimum absolute atomic E-state index is 0.220. The Hall–Kier alpha value is -4.71. The Kier molecular flexibility index (Phi) is 4.70. The number of nitrogens with zero attached hydrogens (tertiary/aromatic N) is 3. The number of benzene rings is 4. The highest BCUT2D eigenvalue weighted by molar-refractivity contribution is 6.22. The lowest BCUT2D eigenvalue weighted by molar-refractivity contribution is 0.339.